The van der Waals surface area contributed by atoms with E-state index in [-0.39, 0.29) is 22.9 Å². The molecule has 0 saturated heterocycles. The standard InChI is InChI=1S/C30H44O4S2/c1-21(20-29(2,3)4)30(5,6)28(32)33-16-10-7-11-17-35-26-19-27(31)34-25-18-23(14-15-24(25)26)36-22-12-8-9-13-22/h14-15,18-19,21-22H,7-13,16-17,20H2,1-6H3. The first-order valence-corrected chi connectivity index (χ1v) is 15.4. The largest absolute Gasteiger partial charge is 0.465 e. The summed E-state index contributed by atoms with van der Waals surface area (Å²) in [4.78, 5) is 27.0. The number of carbonyl (C=O) groups is 1. The van der Waals surface area contributed by atoms with Gasteiger partial charge in [-0.15, -0.1) is 23.5 Å². The van der Waals surface area contributed by atoms with Gasteiger partial charge in [0, 0.05) is 26.5 Å². The van der Waals surface area contributed by atoms with Gasteiger partial charge in [-0.1, -0.05) is 40.5 Å². The molecule has 36 heavy (non-hydrogen) atoms. The Labute approximate surface area is 225 Å². The minimum atomic E-state index is -0.478. The predicted octanol–water partition coefficient (Wildman–Crippen LogP) is 8.73. The van der Waals surface area contributed by atoms with Crippen LogP contribution in [0, 0.1) is 16.7 Å². The highest BCUT2D eigenvalue weighted by Gasteiger charge is 2.37. The SMILES string of the molecule is CC(CC(C)(C)C)C(C)(C)C(=O)OCCCCCSc1cc(=O)oc2cc(SC3CCCC3)ccc12. The van der Waals surface area contributed by atoms with Crippen molar-refractivity contribution in [3.63, 3.8) is 0 Å². The van der Waals surface area contributed by atoms with Crippen LogP contribution in [-0.4, -0.2) is 23.6 Å². The van der Waals surface area contributed by atoms with Gasteiger partial charge in [0.25, 0.3) is 0 Å². The van der Waals surface area contributed by atoms with Crippen molar-refractivity contribution in [1.29, 1.82) is 0 Å². The van der Waals surface area contributed by atoms with E-state index in [1.165, 1.54) is 30.6 Å². The maximum Gasteiger partial charge on any atom is 0.337 e. The van der Waals surface area contributed by atoms with Crippen molar-refractivity contribution < 1.29 is 13.9 Å². The lowest BCUT2D eigenvalue weighted by molar-refractivity contribution is -0.157. The number of hydrogen-bond acceptors (Lipinski definition) is 6. The molecule has 0 aliphatic heterocycles. The second-order valence-electron chi connectivity index (χ2n) is 12.0. The van der Waals surface area contributed by atoms with E-state index in [0.717, 1.165) is 41.7 Å². The molecular formula is C30H44O4S2. The van der Waals surface area contributed by atoms with Gasteiger partial charge in [0.2, 0.25) is 0 Å². The highest BCUT2D eigenvalue weighted by atomic mass is 32.2. The molecule has 2 aromatic rings. The normalized spacial score (nSPS) is 15.9. The first-order chi connectivity index (χ1) is 17.0. The van der Waals surface area contributed by atoms with Gasteiger partial charge < -0.3 is 9.15 Å². The lowest BCUT2D eigenvalue weighted by Crippen LogP contribution is -2.35. The molecule has 1 unspecified atom stereocenters. The maximum absolute atomic E-state index is 12.7. The first kappa shape index (κ1) is 29.2. The molecule has 3 rings (SSSR count). The monoisotopic (exact) mass is 532 g/mol. The van der Waals surface area contributed by atoms with Gasteiger partial charge in [-0.25, -0.2) is 4.79 Å². The highest BCUT2D eigenvalue weighted by molar-refractivity contribution is 8.00. The molecule has 0 spiro atoms. The fourth-order valence-electron chi connectivity index (χ4n) is 4.79. The van der Waals surface area contributed by atoms with E-state index in [2.05, 4.69) is 39.8 Å². The van der Waals surface area contributed by atoms with Crippen molar-refractivity contribution >= 4 is 40.5 Å². The zero-order valence-electron chi connectivity index (χ0n) is 23.0. The highest BCUT2D eigenvalue weighted by Crippen LogP contribution is 2.38. The third-order valence-electron chi connectivity index (χ3n) is 7.24. The van der Waals surface area contributed by atoms with Crippen molar-refractivity contribution in [3.8, 4) is 0 Å². The zero-order chi connectivity index (χ0) is 26.3. The summed E-state index contributed by atoms with van der Waals surface area (Å²) in [7, 11) is 0. The van der Waals surface area contributed by atoms with Gasteiger partial charge in [0.1, 0.15) is 5.58 Å². The quantitative estimate of drug-likeness (QED) is 0.118. The third kappa shape index (κ3) is 8.58. The van der Waals surface area contributed by atoms with Crippen LogP contribution >= 0.6 is 23.5 Å². The van der Waals surface area contributed by atoms with E-state index >= 15 is 0 Å². The van der Waals surface area contributed by atoms with Crippen molar-refractivity contribution in [2.45, 2.75) is 108 Å². The molecule has 0 radical (unpaired) electrons. The Morgan fingerprint density at radius 3 is 2.50 bits per heavy atom. The lowest BCUT2D eigenvalue weighted by Gasteiger charge is -2.34. The predicted molar refractivity (Wildman–Crippen MR) is 153 cm³/mol. The average Bonchev–Trinajstić information content (AvgIpc) is 3.29. The van der Waals surface area contributed by atoms with Crippen LogP contribution < -0.4 is 5.63 Å². The average molecular weight is 533 g/mol. The summed E-state index contributed by atoms with van der Waals surface area (Å²) in [6.07, 6.45) is 9.01. The van der Waals surface area contributed by atoms with Crippen molar-refractivity contribution in [2.24, 2.45) is 16.7 Å². The summed E-state index contributed by atoms with van der Waals surface area (Å²) in [6.45, 7) is 13.2. The Morgan fingerprint density at radius 2 is 1.81 bits per heavy atom. The van der Waals surface area contributed by atoms with Crippen LogP contribution in [0.2, 0.25) is 0 Å². The molecular weight excluding hydrogens is 488 g/mol. The van der Waals surface area contributed by atoms with Crippen LogP contribution in [0.4, 0.5) is 0 Å². The lowest BCUT2D eigenvalue weighted by atomic mass is 9.72. The maximum atomic E-state index is 12.7. The van der Waals surface area contributed by atoms with Crippen molar-refractivity contribution in [3.05, 3.63) is 34.7 Å². The molecule has 1 heterocycles. The van der Waals surface area contributed by atoms with E-state index in [0.29, 0.717) is 17.4 Å². The van der Waals surface area contributed by atoms with Crippen LogP contribution in [-0.2, 0) is 9.53 Å². The zero-order valence-corrected chi connectivity index (χ0v) is 24.6. The number of rotatable bonds is 12. The topological polar surface area (TPSA) is 56.5 Å². The molecule has 0 amide bonds. The minimum absolute atomic E-state index is 0.0958. The van der Waals surface area contributed by atoms with E-state index in [1.54, 1.807) is 17.8 Å². The van der Waals surface area contributed by atoms with Crippen LogP contribution in [0.25, 0.3) is 11.0 Å². The smallest absolute Gasteiger partial charge is 0.337 e. The van der Waals surface area contributed by atoms with Gasteiger partial charge in [-0.3, -0.25) is 4.79 Å². The van der Waals surface area contributed by atoms with Gasteiger partial charge in [-0.2, -0.15) is 0 Å². The third-order valence-corrected chi connectivity index (χ3v) is 9.71. The second-order valence-corrected chi connectivity index (χ2v) is 14.6. The van der Waals surface area contributed by atoms with E-state index in [4.69, 9.17) is 9.15 Å². The summed E-state index contributed by atoms with van der Waals surface area (Å²) in [5.74, 6) is 1.08. The van der Waals surface area contributed by atoms with E-state index < -0.39 is 5.41 Å². The fraction of sp³-hybridized carbons (Fsp3) is 0.667. The van der Waals surface area contributed by atoms with Crippen LogP contribution in [0.5, 0.6) is 0 Å². The van der Waals surface area contributed by atoms with E-state index in [1.807, 2.05) is 31.7 Å². The Morgan fingerprint density at radius 1 is 1.08 bits per heavy atom. The van der Waals surface area contributed by atoms with Crippen LogP contribution in [0.15, 0.2) is 43.3 Å². The Hall–Kier alpha value is -1.40. The molecule has 0 bridgehead atoms. The van der Waals surface area contributed by atoms with Crippen LogP contribution in [0.3, 0.4) is 0 Å². The molecule has 1 aromatic heterocycles. The summed E-state index contributed by atoms with van der Waals surface area (Å²) in [5, 5.41) is 1.69. The minimum Gasteiger partial charge on any atom is -0.465 e. The Balaban J connectivity index is 1.43. The van der Waals surface area contributed by atoms with Crippen LogP contribution in [0.1, 0.15) is 92.9 Å². The number of unbranched alkanes of at least 4 members (excludes halogenated alkanes) is 2. The summed E-state index contributed by atoms with van der Waals surface area (Å²) < 4.78 is 11.2. The number of ether oxygens (including phenoxy) is 1. The number of fused-ring (bicyclic) bond motifs is 1. The number of hydrogen-bond donors (Lipinski definition) is 0. The van der Waals surface area contributed by atoms with Gasteiger partial charge in [-0.05, 0) is 87.7 Å². The first-order valence-electron chi connectivity index (χ1n) is 13.5. The fourth-order valence-corrected chi connectivity index (χ4v) is 7.14. The van der Waals surface area contributed by atoms with Gasteiger partial charge in [0.15, 0.2) is 0 Å². The molecule has 4 nitrogen and oxygen atoms in total. The molecule has 1 fully saturated rings. The Kier molecular flexibility index (Phi) is 10.5. The molecule has 1 saturated carbocycles. The van der Waals surface area contributed by atoms with Crippen molar-refractivity contribution in [1.82, 2.24) is 0 Å². The number of benzene rings is 1. The molecule has 1 aliphatic carbocycles. The van der Waals surface area contributed by atoms with Gasteiger partial charge >= 0.3 is 11.6 Å². The molecule has 6 heteroatoms. The molecule has 200 valence electrons. The number of thioether (sulfide) groups is 2. The number of carbonyl (C=O) groups excluding carboxylic acids is 1. The number of esters is 1. The van der Waals surface area contributed by atoms with E-state index in [9.17, 15) is 9.59 Å². The summed E-state index contributed by atoms with van der Waals surface area (Å²) in [6, 6.07) is 7.90. The molecule has 0 N–H and O–H groups in total. The molecule has 1 aromatic carbocycles. The molecule has 1 aliphatic rings. The molecule has 1 atom stereocenters. The van der Waals surface area contributed by atoms with Crippen molar-refractivity contribution in [2.75, 3.05) is 12.4 Å². The summed E-state index contributed by atoms with van der Waals surface area (Å²) >= 11 is 3.62. The summed E-state index contributed by atoms with van der Waals surface area (Å²) in [5.41, 5.74) is 0.108. The Bertz CT molecular complexity index is 1060. The van der Waals surface area contributed by atoms with Gasteiger partial charge in [0.05, 0.1) is 12.0 Å². The second kappa shape index (κ2) is 12.9.